The molecule has 0 radical (unpaired) electrons. The highest BCUT2D eigenvalue weighted by Gasteiger charge is 2.21. The van der Waals surface area contributed by atoms with Gasteiger partial charge in [-0.15, -0.1) is 35.3 Å². The van der Waals surface area contributed by atoms with Gasteiger partial charge in [-0.1, -0.05) is 19.9 Å². The SMILES string of the molecule is CCNC(=NCc1cccs1)NCCN1CC(C)CC(C)C1.I. The van der Waals surface area contributed by atoms with Crippen molar-refractivity contribution in [2.24, 2.45) is 16.8 Å². The van der Waals surface area contributed by atoms with E-state index in [2.05, 4.69) is 58.8 Å². The summed E-state index contributed by atoms with van der Waals surface area (Å²) in [6, 6.07) is 4.21. The highest BCUT2D eigenvalue weighted by Crippen LogP contribution is 2.20. The lowest BCUT2D eigenvalue weighted by Gasteiger charge is -2.35. The van der Waals surface area contributed by atoms with Crippen molar-refractivity contribution in [2.45, 2.75) is 33.7 Å². The lowest BCUT2D eigenvalue weighted by Crippen LogP contribution is -2.45. The van der Waals surface area contributed by atoms with Gasteiger partial charge in [-0.2, -0.15) is 0 Å². The molecule has 2 heterocycles. The highest BCUT2D eigenvalue weighted by atomic mass is 127. The fraction of sp³-hybridized carbons (Fsp3) is 0.706. The lowest BCUT2D eigenvalue weighted by molar-refractivity contribution is 0.143. The number of nitrogens with zero attached hydrogens (tertiary/aromatic N) is 2. The Bertz CT molecular complexity index is 439. The van der Waals surface area contributed by atoms with Gasteiger partial charge >= 0.3 is 0 Å². The number of guanidine groups is 1. The number of hydrogen-bond acceptors (Lipinski definition) is 3. The van der Waals surface area contributed by atoms with E-state index in [1.165, 1.54) is 24.4 Å². The minimum absolute atomic E-state index is 0. The molecule has 0 saturated carbocycles. The Morgan fingerprint density at radius 1 is 1.30 bits per heavy atom. The molecule has 2 atom stereocenters. The molecule has 1 aromatic rings. The molecule has 2 rings (SSSR count). The number of thiophene rings is 1. The normalized spacial score (nSPS) is 22.5. The van der Waals surface area contributed by atoms with Crippen molar-refractivity contribution in [2.75, 3.05) is 32.7 Å². The monoisotopic (exact) mass is 450 g/mol. The average molecular weight is 450 g/mol. The van der Waals surface area contributed by atoms with Crippen LogP contribution >= 0.6 is 35.3 Å². The molecular formula is C17H31IN4S. The van der Waals surface area contributed by atoms with E-state index in [1.807, 2.05) is 0 Å². The molecule has 1 saturated heterocycles. The largest absolute Gasteiger partial charge is 0.357 e. The molecule has 1 aromatic heterocycles. The molecule has 1 aliphatic heterocycles. The van der Waals surface area contributed by atoms with Gasteiger partial charge in [-0.25, -0.2) is 4.99 Å². The predicted octanol–water partition coefficient (Wildman–Crippen LogP) is 3.40. The quantitative estimate of drug-likeness (QED) is 0.397. The first-order valence-electron chi connectivity index (χ1n) is 8.44. The first-order chi connectivity index (χ1) is 10.7. The van der Waals surface area contributed by atoms with E-state index in [-0.39, 0.29) is 24.0 Å². The summed E-state index contributed by atoms with van der Waals surface area (Å²) in [6.45, 7) is 13.0. The zero-order valence-corrected chi connectivity index (χ0v) is 17.7. The fourth-order valence-electron chi connectivity index (χ4n) is 3.21. The Morgan fingerprint density at radius 2 is 2.04 bits per heavy atom. The lowest BCUT2D eigenvalue weighted by atomic mass is 9.92. The second kappa shape index (κ2) is 11.3. The van der Waals surface area contributed by atoms with Crippen molar-refractivity contribution in [3.63, 3.8) is 0 Å². The van der Waals surface area contributed by atoms with Gasteiger partial charge in [0.05, 0.1) is 6.54 Å². The summed E-state index contributed by atoms with van der Waals surface area (Å²) in [4.78, 5) is 8.53. The van der Waals surface area contributed by atoms with Crippen LogP contribution in [-0.2, 0) is 6.54 Å². The van der Waals surface area contributed by atoms with Gasteiger partial charge in [-0.05, 0) is 36.6 Å². The standard InChI is InChI=1S/C17H30N4S.HI/c1-4-18-17(20-11-16-6-5-9-22-16)19-7-8-21-12-14(2)10-15(3)13-21;/h5-6,9,14-15H,4,7-8,10-13H2,1-3H3,(H2,18,19,20);1H. The van der Waals surface area contributed by atoms with Crippen LogP contribution in [-0.4, -0.2) is 43.6 Å². The average Bonchev–Trinajstić information content (AvgIpc) is 2.97. The summed E-state index contributed by atoms with van der Waals surface area (Å²) in [5, 5.41) is 8.89. The number of hydrogen-bond donors (Lipinski definition) is 2. The number of halogens is 1. The van der Waals surface area contributed by atoms with Crippen LogP contribution in [0.2, 0.25) is 0 Å². The molecule has 1 aliphatic rings. The van der Waals surface area contributed by atoms with Gasteiger partial charge in [-0.3, -0.25) is 0 Å². The van der Waals surface area contributed by atoms with Crippen LogP contribution in [0, 0.1) is 11.8 Å². The fourth-order valence-corrected chi connectivity index (χ4v) is 3.84. The molecule has 23 heavy (non-hydrogen) atoms. The van der Waals surface area contributed by atoms with Gasteiger partial charge < -0.3 is 15.5 Å². The van der Waals surface area contributed by atoms with E-state index < -0.39 is 0 Å². The Balaban J connectivity index is 0.00000264. The maximum Gasteiger partial charge on any atom is 0.191 e. The van der Waals surface area contributed by atoms with E-state index >= 15 is 0 Å². The zero-order chi connectivity index (χ0) is 15.8. The molecule has 0 amide bonds. The van der Waals surface area contributed by atoms with Crippen molar-refractivity contribution in [1.82, 2.24) is 15.5 Å². The summed E-state index contributed by atoms with van der Waals surface area (Å²) in [5.41, 5.74) is 0. The second-order valence-corrected chi connectivity index (χ2v) is 7.44. The molecule has 132 valence electrons. The van der Waals surface area contributed by atoms with Crippen molar-refractivity contribution in [1.29, 1.82) is 0 Å². The van der Waals surface area contributed by atoms with Crippen LogP contribution in [0.1, 0.15) is 32.1 Å². The number of likely N-dealkylation sites (tertiary alicyclic amines) is 1. The highest BCUT2D eigenvalue weighted by molar-refractivity contribution is 14.0. The van der Waals surface area contributed by atoms with Crippen molar-refractivity contribution >= 4 is 41.3 Å². The van der Waals surface area contributed by atoms with Crippen molar-refractivity contribution in [3.8, 4) is 0 Å². The number of rotatable bonds is 6. The van der Waals surface area contributed by atoms with Crippen LogP contribution in [0.5, 0.6) is 0 Å². The number of piperidine rings is 1. The molecular weight excluding hydrogens is 419 g/mol. The van der Waals surface area contributed by atoms with Gasteiger partial charge in [0.15, 0.2) is 5.96 Å². The van der Waals surface area contributed by atoms with Gasteiger partial charge in [0, 0.05) is 37.6 Å². The van der Waals surface area contributed by atoms with Crippen LogP contribution in [0.25, 0.3) is 0 Å². The third-order valence-electron chi connectivity index (χ3n) is 3.98. The van der Waals surface area contributed by atoms with Crippen LogP contribution in [0.3, 0.4) is 0 Å². The summed E-state index contributed by atoms with van der Waals surface area (Å²) >= 11 is 1.76. The summed E-state index contributed by atoms with van der Waals surface area (Å²) in [5.74, 6) is 2.57. The van der Waals surface area contributed by atoms with E-state index in [0.29, 0.717) is 0 Å². The number of nitrogens with one attached hydrogen (secondary N) is 2. The Hall–Kier alpha value is -0.340. The van der Waals surface area contributed by atoms with Crippen LogP contribution in [0.4, 0.5) is 0 Å². The molecule has 6 heteroatoms. The van der Waals surface area contributed by atoms with E-state index in [0.717, 1.165) is 44.0 Å². The topological polar surface area (TPSA) is 39.7 Å². The van der Waals surface area contributed by atoms with Crippen LogP contribution < -0.4 is 10.6 Å². The third kappa shape index (κ3) is 7.85. The zero-order valence-electron chi connectivity index (χ0n) is 14.5. The van der Waals surface area contributed by atoms with Gasteiger partial charge in [0.1, 0.15) is 0 Å². The van der Waals surface area contributed by atoms with E-state index in [4.69, 9.17) is 0 Å². The molecule has 1 fully saturated rings. The minimum Gasteiger partial charge on any atom is -0.357 e. The molecule has 2 unspecified atom stereocenters. The van der Waals surface area contributed by atoms with Gasteiger partial charge in [0.25, 0.3) is 0 Å². The Morgan fingerprint density at radius 3 is 2.65 bits per heavy atom. The first-order valence-corrected chi connectivity index (χ1v) is 9.32. The summed E-state index contributed by atoms with van der Waals surface area (Å²) in [7, 11) is 0. The third-order valence-corrected chi connectivity index (χ3v) is 4.84. The Kier molecular flexibility index (Phi) is 10.1. The van der Waals surface area contributed by atoms with Crippen LogP contribution in [0.15, 0.2) is 22.5 Å². The Labute approximate surface area is 162 Å². The predicted molar refractivity (Wildman–Crippen MR) is 112 cm³/mol. The first kappa shape index (κ1) is 20.7. The smallest absolute Gasteiger partial charge is 0.191 e. The molecule has 0 bridgehead atoms. The maximum atomic E-state index is 4.65. The minimum atomic E-state index is 0. The summed E-state index contributed by atoms with van der Waals surface area (Å²) in [6.07, 6.45) is 1.37. The second-order valence-electron chi connectivity index (χ2n) is 6.41. The van der Waals surface area contributed by atoms with E-state index in [9.17, 15) is 0 Å². The maximum absolute atomic E-state index is 4.65. The van der Waals surface area contributed by atoms with Crippen molar-refractivity contribution < 1.29 is 0 Å². The summed E-state index contributed by atoms with van der Waals surface area (Å²) < 4.78 is 0. The van der Waals surface area contributed by atoms with Gasteiger partial charge in [0.2, 0.25) is 0 Å². The molecule has 4 nitrogen and oxygen atoms in total. The van der Waals surface area contributed by atoms with E-state index in [1.54, 1.807) is 11.3 Å². The molecule has 0 spiro atoms. The number of aliphatic imine (C=N–C) groups is 1. The molecule has 0 aromatic carbocycles. The van der Waals surface area contributed by atoms with Crippen molar-refractivity contribution in [3.05, 3.63) is 22.4 Å². The molecule has 2 N–H and O–H groups in total. The molecule has 0 aliphatic carbocycles.